The van der Waals surface area contributed by atoms with Crippen LogP contribution in [-0.4, -0.2) is 33.3 Å². The van der Waals surface area contributed by atoms with E-state index in [9.17, 15) is 4.79 Å². The maximum atomic E-state index is 12.6. The summed E-state index contributed by atoms with van der Waals surface area (Å²) in [6.45, 7) is 2.43. The molecule has 0 aliphatic heterocycles. The maximum Gasteiger partial charge on any atom is 0.277 e. The van der Waals surface area contributed by atoms with Crippen LogP contribution in [0.2, 0.25) is 0 Å². The Morgan fingerprint density at radius 1 is 1.04 bits per heavy atom. The highest BCUT2D eigenvalue weighted by Crippen LogP contribution is 2.24. The second-order valence-corrected chi connectivity index (χ2v) is 7.36. The molecule has 0 radical (unpaired) electrons. The Balaban J connectivity index is 1.55. The van der Waals surface area contributed by atoms with Gasteiger partial charge < -0.3 is 9.32 Å². The third kappa shape index (κ3) is 4.95. The van der Waals surface area contributed by atoms with Gasteiger partial charge in [-0.25, -0.2) is 0 Å². The van der Waals surface area contributed by atoms with E-state index in [0.717, 1.165) is 11.1 Å². The molecule has 0 saturated carbocycles. The Morgan fingerprint density at radius 3 is 2.31 bits per heavy atom. The van der Waals surface area contributed by atoms with E-state index in [1.165, 1.54) is 11.8 Å². The first kappa shape index (κ1) is 18.2. The highest BCUT2D eigenvalue weighted by molar-refractivity contribution is 8.00. The van der Waals surface area contributed by atoms with Crippen molar-refractivity contribution in [2.75, 3.05) is 7.05 Å². The number of rotatable bonds is 7. The molecule has 0 fully saturated rings. The SMILES string of the molecule is CC(Sc1nnc(Cc2ccccc2)o1)C(=O)N(C)Cc1ccccc1. The molecular formula is C20H21N3O2S. The zero-order chi connectivity index (χ0) is 18.4. The van der Waals surface area contributed by atoms with E-state index in [4.69, 9.17) is 4.42 Å². The lowest BCUT2D eigenvalue weighted by Crippen LogP contribution is -2.32. The van der Waals surface area contributed by atoms with Gasteiger partial charge in [0.15, 0.2) is 0 Å². The molecule has 0 N–H and O–H groups in total. The summed E-state index contributed by atoms with van der Waals surface area (Å²) in [6.07, 6.45) is 0.588. The van der Waals surface area contributed by atoms with Crippen LogP contribution in [0.5, 0.6) is 0 Å². The number of carbonyl (C=O) groups is 1. The Hall–Kier alpha value is -2.60. The normalized spacial score (nSPS) is 11.9. The Kier molecular flexibility index (Phi) is 6.07. The second kappa shape index (κ2) is 8.67. The predicted octanol–water partition coefficient (Wildman–Crippen LogP) is 3.80. The average molecular weight is 367 g/mol. The monoisotopic (exact) mass is 367 g/mol. The third-order valence-corrected chi connectivity index (χ3v) is 4.83. The fourth-order valence-corrected chi connectivity index (χ4v) is 3.39. The molecular weight excluding hydrogens is 346 g/mol. The van der Waals surface area contributed by atoms with Crippen molar-refractivity contribution in [3.8, 4) is 0 Å². The van der Waals surface area contributed by atoms with Crippen molar-refractivity contribution in [1.29, 1.82) is 0 Å². The van der Waals surface area contributed by atoms with Crippen LogP contribution < -0.4 is 0 Å². The highest BCUT2D eigenvalue weighted by atomic mass is 32.2. The van der Waals surface area contributed by atoms with E-state index in [0.29, 0.717) is 24.1 Å². The number of hydrogen-bond acceptors (Lipinski definition) is 5. The minimum atomic E-state index is -0.297. The van der Waals surface area contributed by atoms with Gasteiger partial charge in [0.25, 0.3) is 5.22 Å². The molecule has 6 heteroatoms. The molecule has 3 aromatic rings. The van der Waals surface area contributed by atoms with Gasteiger partial charge in [0.1, 0.15) is 0 Å². The number of amides is 1. The molecule has 0 aliphatic rings. The summed E-state index contributed by atoms with van der Waals surface area (Å²) in [4.78, 5) is 14.3. The predicted molar refractivity (Wildman–Crippen MR) is 102 cm³/mol. The van der Waals surface area contributed by atoms with Gasteiger partial charge in [-0.15, -0.1) is 10.2 Å². The van der Waals surface area contributed by atoms with E-state index < -0.39 is 0 Å². The number of carbonyl (C=O) groups excluding carboxylic acids is 1. The molecule has 1 heterocycles. The zero-order valence-electron chi connectivity index (χ0n) is 14.8. The van der Waals surface area contributed by atoms with Crippen LogP contribution in [0.15, 0.2) is 70.3 Å². The molecule has 1 amide bonds. The molecule has 2 aromatic carbocycles. The molecule has 3 rings (SSSR count). The van der Waals surface area contributed by atoms with Crippen molar-refractivity contribution in [3.63, 3.8) is 0 Å². The molecule has 0 spiro atoms. The zero-order valence-corrected chi connectivity index (χ0v) is 15.6. The standard InChI is InChI=1S/C20H21N3O2S/c1-15(19(24)23(2)14-17-11-7-4-8-12-17)26-20-22-21-18(25-20)13-16-9-5-3-6-10-16/h3-12,15H,13-14H2,1-2H3. The molecule has 0 aliphatic carbocycles. The number of aromatic nitrogens is 2. The number of benzene rings is 2. The van der Waals surface area contributed by atoms with Crippen LogP contribution in [0, 0.1) is 0 Å². The maximum absolute atomic E-state index is 12.6. The van der Waals surface area contributed by atoms with Gasteiger partial charge in [-0.3, -0.25) is 4.79 Å². The fraction of sp³-hybridized carbons (Fsp3) is 0.250. The molecule has 1 unspecified atom stereocenters. The fourth-order valence-electron chi connectivity index (χ4n) is 2.57. The Labute approximate surface area is 157 Å². The van der Waals surface area contributed by atoms with E-state index in [-0.39, 0.29) is 11.2 Å². The van der Waals surface area contributed by atoms with E-state index in [1.54, 1.807) is 11.9 Å². The minimum Gasteiger partial charge on any atom is -0.416 e. The van der Waals surface area contributed by atoms with Crippen LogP contribution in [0.3, 0.4) is 0 Å². The van der Waals surface area contributed by atoms with Gasteiger partial charge in [0, 0.05) is 13.6 Å². The Morgan fingerprint density at radius 2 is 1.65 bits per heavy atom. The number of hydrogen-bond donors (Lipinski definition) is 0. The molecule has 26 heavy (non-hydrogen) atoms. The first-order chi connectivity index (χ1) is 12.6. The van der Waals surface area contributed by atoms with Gasteiger partial charge in [-0.05, 0) is 18.1 Å². The lowest BCUT2D eigenvalue weighted by Gasteiger charge is -2.20. The number of nitrogens with zero attached hydrogens (tertiary/aromatic N) is 3. The summed E-state index contributed by atoms with van der Waals surface area (Å²) in [6, 6.07) is 19.9. The summed E-state index contributed by atoms with van der Waals surface area (Å²) in [5, 5.41) is 8.25. The van der Waals surface area contributed by atoms with Crippen molar-refractivity contribution >= 4 is 17.7 Å². The van der Waals surface area contributed by atoms with Crippen molar-refractivity contribution in [2.24, 2.45) is 0 Å². The molecule has 0 saturated heterocycles. The molecule has 0 bridgehead atoms. The van der Waals surface area contributed by atoms with Crippen molar-refractivity contribution < 1.29 is 9.21 Å². The third-order valence-electron chi connectivity index (χ3n) is 3.91. The average Bonchev–Trinajstić information content (AvgIpc) is 3.09. The highest BCUT2D eigenvalue weighted by Gasteiger charge is 2.21. The van der Waals surface area contributed by atoms with Crippen LogP contribution in [0.25, 0.3) is 0 Å². The quantitative estimate of drug-likeness (QED) is 0.595. The van der Waals surface area contributed by atoms with Crippen molar-refractivity contribution in [1.82, 2.24) is 15.1 Å². The summed E-state index contributed by atoms with van der Waals surface area (Å²) in [5.41, 5.74) is 2.21. The van der Waals surface area contributed by atoms with E-state index >= 15 is 0 Å². The lowest BCUT2D eigenvalue weighted by atomic mass is 10.2. The minimum absolute atomic E-state index is 0.0293. The van der Waals surface area contributed by atoms with Crippen molar-refractivity contribution in [2.45, 2.75) is 30.4 Å². The number of thioether (sulfide) groups is 1. The summed E-state index contributed by atoms with van der Waals surface area (Å²) < 4.78 is 5.68. The topological polar surface area (TPSA) is 59.2 Å². The van der Waals surface area contributed by atoms with Crippen LogP contribution in [0.1, 0.15) is 23.9 Å². The van der Waals surface area contributed by atoms with Crippen molar-refractivity contribution in [3.05, 3.63) is 77.7 Å². The van der Waals surface area contributed by atoms with E-state index in [1.807, 2.05) is 67.6 Å². The molecule has 1 aromatic heterocycles. The van der Waals surface area contributed by atoms with Gasteiger partial charge in [-0.2, -0.15) is 0 Å². The van der Waals surface area contributed by atoms with Gasteiger partial charge in [-0.1, -0.05) is 72.4 Å². The van der Waals surface area contributed by atoms with Gasteiger partial charge >= 0.3 is 0 Å². The smallest absolute Gasteiger partial charge is 0.277 e. The van der Waals surface area contributed by atoms with Gasteiger partial charge in [0.05, 0.1) is 11.7 Å². The van der Waals surface area contributed by atoms with Gasteiger partial charge in [0.2, 0.25) is 11.8 Å². The van der Waals surface area contributed by atoms with Crippen LogP contribution in [0.4, 0.5) is 0 Å². The first-order valence-corrected chi connectivity index (χ1v) is 9.31. The summed E-state index contributed by atoms with van der Waals surface area (Å²) in [7, 11) is 1.81. The summed E-state index contributed by atoms with van der Waals surface area (Å²) in [5.74, 6) is 0.581. The van der Waals surface area contributed by atoms with Crippen LogP contribution in [-0.2, 0) is 17.8 Å². The largest absolute Gasteiger partial charge is 0.416 e. The lowest BCUT2D eigenvalue weighted by molar-refractivity contribution is -0.129. The molecule has 134 valence electrons. The second-order valence-electron chi connectivity index (χ2n) is 6.06. The Bertz CT molecular complexity index is 837. The molecule has 5 nitrogen and oxygen atoms in total. The van der Waals surface area contributed by atoms with Crippen LogP contribution >= 0.6 is 11.8 Å². The first-order valence-electron chi connectivity index (χ1n) is 8.43. The summed E-state index contributed by atoms with van der Waals surface area (Å²) >= 11 is 1.29. The molecule has 1 atom stereocenters. The van der Waals surface area contributed by atoms with E-state index in [2.05, 4.69) is 10.2 Å².